The first kappa shape index (κ1) is 29.7. The molecule has 0 saturated carbocycles. The van der Waals surface area contributed by atoms with Gasteiger partial charge in [0.2, 0.25) is 0 Å². The second-order valence-corrected chi connectivity index (χ2v) is 9.80. The molecule has 0 bridgehead atoms. The summed E-state index contributed by atoms with van der Waals surface area (Å²) in [5.74, 6) is 0.936. The van der Waals surface area contributed by atoms with Crippen molar-refractivity contribution in [2.24, 2.45) is 5.92 Å². The number of hydrogen-bond acceptors (Lipinski definition) is 0. The Labute approximate surface area is 193 Å². The molecule has 0 fully saturated rings. The molecule has 0 amide bonds. The van der Waals surface area contributed by atoms with Crippen LogP contribution < -0.4 is 0 Å². The molecule has 0 heterocycles. The van der Waals surface area contributed by atoms with Crippen LogP contribution in [0.2, 0.25) is 0 Å². The van der Waals surface area contributed by atoms with Crippen LogP contribution in [0.25, 0.3) is 0 Å². The topological polar surface area (TPSA) is 0 Å². The Morgan fingerprint density at radius 2 is 0.733 bits per heavy atom. The highest BCUT2D eigenvalue weighted by molar-refractivity contribution is 4.81. The van der Waals surface area contributed by atoms with Crippen molar-refractivity contribution in [2.45, 2.75) is 161 Å². The van der Waals surface area contributed by atoms with E-state index in [0.29, 0.717) is 0 Å². The smallest absolute Gasteiger partial charge is 0.0351 e. The largest absolute Gasteiger partial charge is 0.0885 e. The molecule has 0 nitrogen and oxygen atoms in total. The molecule has 0 aliphatic rings. The summed E-state index contributed by atoms with van der Waals surface area (Å²) in [6, 6.07) is 0. The van der Waals surface area contributed by atoms with E-state index in [1.54, 1.807) is 0 Å². The third-order valence-corrected chi connectivity index (χ3v) is 6.55. The van der Waals surface area contributed by atoms with Gasteiger partial charge in [-0.3, -0.25) is 0 Å². The van der Waals surface area contributed by atoms with E-state index < -0.39 is 0 Å². The van der Waals surface area contributed by atoms with Crippen molar-refractivity contribution in [3.05, 3.63) is 26.0 Å². The summed E-state index contributed by atoms with van der Waals surface area (Å²) < 4.78 is 0. The maximum absolute atomic E-state index is 3.94. The molecule has 0 aromatic carbocycles. The molecular formula is C30H58. The van der Waals surface area contributed by atoms with Gasteiger partial charge in [0.05, 0.1) is 0 Å². The maximum Gasteiger partial charge on any atom is -0.0351 e. The Kier molecular flexibility index (Phi) is 26.5. The Morgan fingerprint density at radius 3 is 1.17 bits per heavy atom. The quantitative estimate of drug-likeness (QED) is 0.102. The molecule has 1 unspecified atom stereocenters. The highest BCUT2D eigenvalue weighted by Gasteiger charge is 2.01. The van der Waals surface area contributed by atoms with Crippen LogP contribution in [0.1, 0.15) is 161 Å². The first-order valence-corrected chi connectivity index (χ1v) is 14.0. The molecule has 0 spiro atoms. The zero-order valence-electron chi connectivity index (χ0n) is 21.1. The van der Waals surface area contributed by atoms with Crippen LogP contribution in [0, 0.1) is 19.8 Å². The van der Waals surface area contributed by atoms with E-state index in [-0.39, 0.29) is 0 Å². The van der Waals surface area contributed by atoms with Crippen molar-refractivity contribution in [3.8, 4) is 0 Å². The molecule has 0 N–H and O–H groups in total. The standard InChI is InChI=1S/C30H58/c1-4-6-8-9-10-11-12-13-14-15-16-17-18-19-20-21-22-23-24-25-27-29-30(3)28-26-7-5-2/h13-14,30H,1-2,4-12,15-29H2,3H3/b14-13+. The van der Waals surface area contributed by atoms with Gasteiger partial charge in [0, 0.05) is 0 Å². The third-order valence-electron chi connectivity index (χ3n) is 6.55. The van der Waals surface area contributed by atoms with E-state index in [1.165, 1.54) is 141 Å². The van der Waals surface area contributed by atoms with Crippen LogP contribution in [0.5, 0.6) is 0 Å². The molecule has 0 aromatic heterocycles. The molecule has 0 heteroatoms. The Hall–Kier alpha value is -0.260. The predicted molar refractivity (Wildman–Crippen MR) is 140 cm³/mol. The van der Waals surface area contributed by atoms with Crippen molar-refractivity contribution in [3.63, 3.8) is 0 Å². The lowest BCUT2D eigenvalue weighted by molar-refractivity contribution is 0.437. The van der Waals surface area contributed by atoms with Gasteiger partial charge in [-0.25, -0.2) is 0 Å². The Morgan fingerprint density at radius 1 is 0.433 bits per heavy atom. The van der Waals surface area contributed by atoms with Crippen LogP contribution in [-0.4, -0.2) is 0 Å². The van der Waals surface area contributed by atoms with Crippen molar-refractivity contribution in [2.75, 3.05) is 0 Å². The number of hydrogen-bond donors (Lipinski definition) is 0. The van der Waals surface area contributed by atoms with E-state index in [9.17, 15) is 0 Å². The highest BCUT2D eigenvalue weighted by atomic mass is 14.1. The fourth-order valence-corrected chi connectivity index (χ4v) is 4.36. The Balaban J connectivity index is 3.12. The summed E-state index contributed by atoms with van der Waals surface area (Å²) in [7, 11) is 0. The van der Waals surface area contributed by atoms with Crippen molar-refractivity contribution in [1.82, 2.24) is 0 Å². The van der Waals surface area contributed by atoms with Gasteiger partial charge in [-0.15, -0.1) is 0 Å². The third kappa shape index (κ3) is 25.8. The van der Waals surface area contributed by atoms with Crippen LogP contribution in [0.4, 0.5) is 0 Å². The zero-order chi connectivity index (χ0) is 22.0. The number of unbranched alkanes of at least 4 members (excludes halogenated alkanes) is 19. The van der Waals surface area contributed by atoms with Gasteiger partial charge in [-0.05, 0) is 31.6 Å². The first-order valence-electron chi connectivity index (χ1n) is 14.0. The summed E-state index contributed by atoms with van der Waals surface area (Å²) in [4.78, 5) is 0. The Bertz CT molecular complexity index is 316. The molecule has 1 atom stereocenters. The molecule has 2 radical (unpaired) electrons. The minimum atomic E-state index is 0.936. The van der Waals surface area contributed by atoms with Crippen LogP contribution >= 0.6 is 0 Å². The average molecular weight is 419 g/mol. The predicted octanol–water partition coefficient (Wildman–Crippen LogP) is 11.2. The number of rotatable bonds is 25. The van der Waals surface area contributed by atoms with E-state index in [0.717, 1.165) is 18.8 Å². The highest BCUT2D eigenvalue weighted by Crippen LogP contribution is 2.18. The minimum absolute atomic E-state index is 0.936. The summed E-state index contributed by atoms with van der Waals surface area (Å²) in [5, 5.41) is 0. The fourth-order valence-electron chi connectivity index (χ4n) is 4.36. The van der Waals surface area contributed by atoms with Gasteiger partial charge in [0.1, 0.15) is 0 Å². The summed E-state index contributed by atoms with van der Waals surface area (Å²) >= 11 is 0. The van der Waals surface area contributed by atoms with Crippen LogP contribution in [0.15, 0.2) is 12.2 Å². The van der Waals surface area contributed by atoms with Crippen molar-refractivity contribution >= 4 is 0 Å². The van der Waals surface area contributed by atoms with Crippen molar-refractivity contribution in [1.29, 1.82) is 0 Å². The molecule has 178 valence electrons. The van der Waals surface area contributed by atoms with E-state index in [2.05, 4.69) is 32.9 Å². The fraction of sp³-hybridized carbons (Fsp3) is 0.867. The molecule has 0 aliphatic carbocycles. The molecular weight excluding hydrogens is 360 g/mol. The number of allylic oxidation sites excluding steroid dienone is 2. The monoisotopic (exact) mass is 418 g/mol. The lowest BCUT2D eigenvalue weighted by atomic mass is 9.96. The lowest BCUT2D eigenvalue weighted by Crippen LogP contribution is -1.94. The van der Waals surface area contributed by atoms with E-state index in [4.69, 9.17) is 0 Å². The second-order valence-electron chi connectivity index (χ2n) is 9.80. The lowest BCUT2D eigenvalue weighted by Gasteiger charge is -2.10. The van der Waals surface area contributed by atoms with Gasteiger partial charge in [0.25, 0.3) is 0 Å². The van der Waals surface area contributed by atoms with Gasteiger partial charge in [-0.1, -0.05) is 161 Å². The summed E-state index contributed by atoms with van der Waals surface area (Å²) in [5.41, 5.74) is 0. The molecule has 0 aromatic rings. The summed E-state index contributed by atoms with van der Waals surface area (Å²) in [6.07, 6.45) is 38.1. The SMILES string of the molecule is [CH2]CCCCCCC/C=C/CCCCCCCCCCCCCC(C)CCCC[CH2]. The average Bonchev–Trinajstić information content (AvgIpc) is 2.75. The molecule has 0 saturated heterocycles. The minimum Gasteiger partial charge on any atom is -0.0885 e. The van der Waals surface area contributed by atoms with Crippen LogP contribution in [-0.2, 0) is 0 Å². The van der Waals surface area contributed by atoms with Gasteiger partial charge < -0.3 is 0 Å². The molecule has 0 rings (SSSR count). The van der Waals surface area contributed by atoms with Gasteiger partial charge in [0.15, 0.2) is 0 Å². The zero-order valence-corrected chi connectivity index (χ0v) is 21.1. The second kappa shape index (κ2) is 26.8. The van der Waals surface area contributed by atoms with Crippen molar-refractivity contribution < 1.29 is 0 Å². The molecule has 0 aliphatic heterocycles. The van der Waals surface area contributed by atoms with Gasteiger partial charge in [-0.2, -0.15) is 0 Å². The maximum atomic E-state index is 3.94. The van der Waals surface area contributed by atoms with Gasteiger partial charge >= 0.3 is 0 Å². The normalized spacial score (nSPS) is 12.8. The van der Waals surface area contributed by atoms with Crippen LogP contribution in [0.3, 0.4) is 0 Å². The first-order chi connectivity index (χ1) is 14.8. The van der Waals surface area contributed by atoms with E-state index in [1.807, 2.05) is 0 Å². The van der Waals surface area contributed by atoms with E-state index >= 15 is 0 Å². The summed E-state index contributed by atoms with van der Waals surface area (Å²) in [6.45, 7) is 10.3. The molecule has 30 heavy (non-hydrogen) atoms.